The number of amides is 5. The standard InChI is InChI=1S/C20H18Cl2N4O4/c1-20(14-8-5-12(21)9-15(14)22)18(29)26(19(30)25-20)10-16(27)24-13-6-3-11(4-7-13)17(28)23-2/h3-9H,10H2,1-2H3,(H,23,28)(H,24,27)(H,25,30)/t20-/m0/s1. The van der Waals surface area contributed by atoms with Gasteiger partial charge in [-0.05, 0) is 43.3 Å². The average molecular weight is 449 g/mol. The summed E-state index contributed by atoms with van der Waals surface area (Å²) in [5.74, 6) is -1.44. The van der Waals surface area contributed by atoms with Crippen LogP contribution in [0.25, 0.3) is 0 Å². The number of nitrogens with zero attached hydrogens (tertiary/aromatic N) is 1. The van der Waals surface area contributed by atoms with E-state index in [0.29, 0.717) is 21.8 Å². The molecule has 0 aliphatic carbocycles. The van der Waals surface area contributed by atoms with Crippen LogP contribution in [0.4, 0.5) is 10.5 Å². The van der Waals surface area contributed by atoms with Crippen LogP contribution in [0.2, 0.25) is 10.0 Å². The number of anilines is 1. The maximum absolute atomic E-state index is 12.9. The Bertz CT molecular complexity index is 1040. The van der Waals surface area contributed by atoms with Crippen molar-refractivity contribution in [1.82, 2.24) is 15.5 Å². The van der Waals surface area contributed by atoms with Crippen molar-refractivity contribution in [2.45, 2.75) is 12.5 Å². The number of nitrogens with one attached hydrogen (secondary N) is 3. The fourth-order valence-corrected chi connectivity index (χ4v) is 3.71. The third-order valence-corrected chi connectivity index (χ3v) is 5.25. The molecular formula is C20H18Cl2N4O4. The Balaban J connectivity index is 1.72. The number of halogens is 2. The van der Waals surface area contributed by atoms with Crippen LogP contribution in [0.5, 0.6) is 0 Å². The second-order valence-electron chi connectivity index (χ2n) is 6.78. The molecule has 156 valence electrons. The van der Waals surface area contributed by atoms with Gasteiger partial charge >= 0.3 is 6.03 Å². The molecule has 5 amide bonds. The topological polar surface area (TPSA) is 108 Å². The van der Waals surface area contributed by atoms with Gasteiger partial charge in [-0.2, -0.15) is 0 Å². The number of imide groups is 1. The molecule has 30 heavy (non-hydrogen) atoms. The fraction of sp³-hybridized carbons (Fsp3) is 0.200. The maximum Gasteiger partial charge on any atom is 0.325 e. The minimum atomic E-state index is -1.42. The highest BCUT2D eigenvalue weighted by Gasteiger charge is 2.50. The third-order valence-electron chi connectivity index (χ3n) is 4.70. The van der Waals surface area contributed by atoms with Crippen LogP contribution in [0, 0.1) is 0 Å². The molecule has 2 aromatic carbocycles. The van der Waals surface area contributed by atoms with E-state index in [4.69, 9.17) is 23.2 Å². The first-order valence-electron chi connectivity index (χ1n) is 8.87. The molecule has 3 rings (SSSR count). The Labute approximate surface area is 182 Å². The van der Waals surface area contributed by atoms with Gasteiger partial charge in [0.2, 0.25) is 5.91 Å². The fourth-order valence-electron chi connectivity index (χ4n) is 3.11. The van der Waals surface area contributed by atoms with E-state index >= 15 is 0 Å². The van der Waals surface area contributed by atoms with Crippen LogP contribution in [0.3, 0.4) is 0 Å². The number of carbonyl (C=O) groups excluding carboxylic acids is 4. The lowest BCUT2D eigenvalue weighted by atomic mass is 9.92. The second-order valence-corrected chi connectivity index (χ2v) is 7.62. The van der Waals surface area contributed by atoms with E-state index in [9.17, 15) is 19.2 Å². The molecule has 3 N–H and O–H groups in total. The largest absolute Gasteiger partial charge is 0.355 e. The number of hydrogen-bond acceptors (Lipinski definition) is 4. The average Bonchev–Trinajstić information content (AvgIpc) is 2.91. The summed E-state index contributed by atoms with van der Waals surface area (Å²) in [6.45, 7) is 1.03. The molecule has 10 heteroatoms. The minimum Gasteiger partial charge on any atom is -0.355 e. The van der Waals surface area contributed by atoms with E-state index in [0.717, 1.165) is 4.90 Å². The number of hydrogen-bond donors (Lipinski definition) is 3. The zero-order valence-corrected chi connectivity index (χ0v) is 17.6. The van der Waals surface area contributed by atoms with Crippen LogP contribution in [0.15, 0.2) is 42.5 Å². The van der Waals surface area contributed by atoms with Gasteiger partial charge in [0.15, 0.2) is 0 Å². The monoisotopic (exact) mass is 448 g/mol. The Morgan fingerprint density at radius 3 is 2.37 bits per heavy atom. The van der Waals surface area contributed by atoms with E-state index in [1.165, 1.54) is 20.0 Å². The van der Waals surface area contributed by atoms with Gasteiger partial charge in [0.25, 0.3) is 11.8 Å². The molecule has 0 saturated carbocycles. The molecule has 1 saturated heterocycles. The molecule has 0 unspecified atom stereocenters. The summed E-state index contributed by atoms with van der Waals surface area (Å²) >= 11 is 12.1. The lowest BCUT2D eigenvalue weighted by Crippen LogP contribution is -2.42. The third kappa shape index (κ3) is 4.10. The van der Waals surface area contributed by atoms with Crippen LogP contribution in [-0.4, -0.2) is 42.2 Å². The molecule has 1 aliphatic heterocycles. The van der Waals surface area contributed by atoms with Gasteiger partial charge in [-0.3, -0.25) is 19.3 Å². The van der Waals surface area contributed by atoms with Crippen LogP contribution >= 0.6 is 23.2 Å². The van der Waals surface area contributed by atoms with Crippen LogP contribution in [0.1, 0.15) is 22.8 Å². The van der Waals surface area contributed by atoms with Gasteiger partial charge in [0.05, 0.1) is 0 Å². The molecule has 1 aliphatic rings. The van der Waals surface area contributed by atoms with Crippen molar-refractivity contribution in [3.63, 3.8) is 0 Å². The summed E-state index contributed by atoms with van der Waals surface area (Å²) < 4.78 is 0. The van der Waals surface area contributed by atoms with Gasteiger partial charge in [-0.1, -0.05) is 29.3 Å². The Hall–Kier alpha value is -3.10. The zero-order chi connectivity index (χ0) is 22.1. The van der Waals surface area contributed by atoms with Gasteiger partial charge in [0.1, 0.15) is 12.1 Å². The second kappa shape index (κ2) is 8.33. The van der Waals surface area contributed by atoms with Gasteiger partial charge in [-0.15, -0.1) is 0 Å². The predicted octanol–water partition coefficient (Wildman–Crippen LogP) is 2.76. The molecular weight excluding hydrogens is 431 g/mol. The van der Waals surface area contributed by atoms with Gasteiger partial charge in [-0.25, -0.2) is 4.79 Å². The van der Waals surface area contributed by atoms with Crippen molar-refractivity contribution in [3.05, 3.63) is 63.6 Å². The Morgan fingerprint density at radius 1 is 1.10 bits per heavy atom. The first-order chi connectivity index (χ1) is 14.2. The highest BCUT2D eigenvalue weighted by molar-refractivity contribution is 6.35. The molecule has 1 atom stereocenters. The first-order valence-corrected chi connectivity index (χ1v) is 9.63. The number of rotatable bonds is 5. The quantitative estimate of drug-likeness (QED) is 0.611. The minimum absolute atomic E-state index is 0.223. The van der Waals surface area contributed by atoms with Crippen molar-refractivity contribution in [3.8, 4) is 0 Å². The molecule has 0 spiro atoms. The lowest BCUT2D eigenvalue weighted by Gasteiger charge is -2.23. The molecule has 0 bridgehead atoms. The summed E-state index contributed by atoms with van der Waals surface area (Å²) in [4.78, 5) is 50.1. The maximum atomic E-state index is 12.9. The molecule has 2 aromatic rings. The summed E-state index contributed by atoms with van der Waals surface area (Å²) in [6.07, 6.45) is 0. The van der Waals surface area contributed by atoms with E-state index in [-0.39, 0.29) is 10.9 Å². The summed E-state index contributed by atoms with van der Waals surface area (Å²) in [7, 11) is 1.51. The van der Waals surface area contributed by atoms with E-state index in [1.54, 1.807) is 36.4 Å². The summed E-state index contributed by atoms with van der Waals surface area (Å²) in [5, 5.41) is 8.29. The lowest BCUT2D eigenvalue weighted by molar-refractivity contribution is -0.133. The number of urea groups is 1. The van der Waals surface area contributed by atoms with Crippen LogP contribution < -0.4 is 16.0 Å². The molecule has 0 radical (unpaired) electrons. The normalized spacial score (nSPS) is 18.2. The molecule has 8 nitrogen and oxygen atoms in total. The smallest absolute Gasteiger partial charge is 0.325 e. The van der Waals surface area contributed by atoms with Crippen LogP contribution in [-0.2, 0) is 15.1 Å². The van der Waals surface area contributed by atoms with Crippen molar-refractivity contribution in [2.75, 3.05) is 18.9 Å². The summed E-state index contributed by atoms with van der Waals surface area (Å²) in [5.41, 5.74) is -0.197. The van der Waals surface area contributed by atoms with Crippen molar-refractivity contribution in [1.29, 1.82) is 0 Å². The van der Waals surface area contributed by atoms with Crippen molar-refractivity contribution < 1.29 is 19.2 Å². The molecule has 1 fully saturated rings. The van der Waals surface area contributed by atoms with Gasteiger partial charge in [0, 0.05) is 33.9 Å². The Kier molecular flexibility index (Phi) is 6.00. The highest BCUT2D eigenvalue weighted by Crippen LogP contribution is 2.34. The SMILES string of the molecule is CNC(=O)c1ccc(NC(=O)CN2C(=O)N[C@@](C)(c3ccc(Cl)cc3Cl)C2=O)cc1. The summed E-state index contributed by atoms with van der Waals surface area (Å²) in [6, 6.07) is 10.1. The van der Waals surface area contributed by atoms with E-state index < -0.39 is 29.9 Å². The highest BCUT2D eigenvalue weighted by atomic mass is 35.5. The molecule has 0 aromatic heterocycles. The van der Waals surface area contributed by atoms with E-state index in [2.05, 4.69) is 16.0 Å². The van der Waals surface area contributed by atoms with Gasteiger partial charge < -0.3 is 16.0 Å². The predicted molar refractivity (Wildman–Crippen MR) is 113 cm³/mol. The number of carbonyl (C=O) groups is 4. The van der Waals surface area contributed by atoms with Crippen molar-refractivity contribution >= 4 is 52.6 Å². The Morgan fingerprint density at radius 2 is 1.77 bits per heavy atom. The van der Waals surface area contributed by atoms with E-state index in [1.807, 2.05) is 0 Å². The zero-order valence-electron chi connectivity index (χ0n) is 16.1. The molecule has 1 heterocycles. The number of benzene rings is 2. The first kappa shape index (κ1) is 21.6. The van der Waals surface area contributed by atoms with Crippen molar-refractivity contribution in [2.24, 2.45) is 0 Å².